The predicted molar refractivity (Wildman–Crippen MR) is 141 cm³/mol. The zero-order valence-electron chi connectivity index (χ0n) is 23.2. The second-order valence-corrected chi connectivity index (χ2v) is 11.6. The molecule has 4 aliphatic rings. The fraction of sp³-hybridized carbons (Fsp3) is 0.759. The molecule has 0 bridgehead atoms. The summed E-state index contributed by atoms with van der Waals surface area (Å²) in [5, 5.41) is 10.4. The highest BCUT2D eigenvalue weighted by atomic mass is 16.5. The Kier molecular flexibility index (Phi) is 8.19. The highest BCUT2D eigenvalue weighted by molar-refractivity contribution is 6.00. The summed E-state index contributed by atoms with van der Waals surface area (Å²) in [7, 11) is 0. The van der Waals surface area contributed by atoms with Crippen molar-refractivity contribution in [3.05, 3.63) is 24.3 Å². The molecule has 8 heteroatoms. The van der Waals surface area contributed by atoms with Gasteiger partial charge in [-0.2, -0.15) is 0 Å². The van der Waals surface area contributed by atoms with Crippen LogP contribution >= 0.6 is 0 Å². The third-order valence-electron chi connectivity index (χ3n) is 8.67. The van der Waals surface area contributed by atoms with E-state index in [1.165, 1.54) is 0 Å². The maximum atomic E-state index is 14.5. The number of nitrogens with zero attached hydrogens (tertiary/aromatic N) is 3. The van der Waals surface area contributed by atoms with Gasteiger partial charge >= 0.3 is 0 Å². The van der Waals surface area contributed by atoms with Crippen molar-refractivity contribution in [2.24, 2.45) is 17.8 Å². The van der Waals surface area contributed by atoms with Gasteiger partial charge < -0.3 is 24.5 Å². The van der Waals surface area contributed by atoms with Gasteiger partial charge in [-0.1, -0.05) is 65.3 Å². The van der Waals surface area contributed by atoms with Crippen molar-refractivity contribution in [3.8, 4) is 0 Å². The van der Waals surface area contributed by atoms with Crippen LogP contribution in [0.4, 0.5) is 0 Å². The van der Waals surface area contributed by atoms with Crippen LogP contribution in [0.3, 0.4) is 0 Å². The number of aliphatic hydroxyl groups is 1. The van der Waals surface area contributed by atoms with Crippen LogP contribution in [0.2, 0.25) is 0 Å². The van der Waals surface area contributed by atoms with Gasteiger partial charge in [-0.25, -0.2) is 0 Å². The molecular weight excluding hydrogens is 470 g/mol. The van der Waals surface area contributed by atoms with Gasteiger partial charge in [0.05, 0.1) is 30.1 Å². The maximum absolute atomic E-state index is 14.5. The van der Waals surface area contributed by atoms with Gasteiger partial charge in [-0.05, 0) is 31.6 Å². The maximum Gasteiger partial charge on any atom is 0.249 e. The third-order valence-corrected chi connectivity index (χ3v) is 8.67. The van der Waals surface area contributed by atoms with Crippen LogP contribution in [0.15, 0.2) is 24.3 Å². The Labute approximate surface area is 221 Å². The van der Waals surface area contributed by atoms with Crippen LogP contribution in [0, 0.1) is 17.8 Å². The van der Waals surface area contributed by atoms with E-state index in [2.05, 4.69) is 6.92 Å². The van der Waals surface area contributed by atoms with Crippen molar-refractivity contribution < 1.29 is 24.2 Å². The average Bonchev–Trinajstić information content (AvgIpc) is 3.17. The Bertz CT molecular complexity index is 948. The summed E-state index contributed by atoms with van der Waals surface area (Å²) in [6.45, 7) is 12.1. The van der Waals surface area contributed by atoms with Gasteiger partial charge in [0.15, 0.2) is 0 Å². The summed E-state index contributed by atoms with van der Waals surface area (Å²) < 4.78 is 6.99. The normalized spacial score (nSPS) is 34.1. The van der Waals surface area contributed by atoms with Crippen molar-refractivity contribution in [1.29, 1.82) is 0 Å². The number of hydrogen-bond donors (Lipinski definition) is 1. The number of rotatable bonds is 10. The Balaban J connectivity index is 1.88. The van der Waals surface area contributed by atoms with Crippen molar-refractivity contribution in [2.45, 2.75) is 90.0 Å². The smallest absolute Gasteiger partial charge is 0.249 e. The molecule has 0 aromatic rings. The molecule has 1 unspecified atom stereocenters. The fourth-order valence-electron chi connectivity index (χ4n) is 7.03. The molecule has 6 atom stereocenters. The summed E-state index contributed by atoms with van der Waals surface area (Å²) in [6, 6.07) is -1.43. The second-order valence-electron chi connectivity index (χ2n) is 11.6. The fourth-order valence-corrected chi connectivity index (χ4v) is 7.03. The van der Waals surface area contributed by atoms with Crippen LogP contribution in [0.5, 0.6) is 0 Å². The second kappa shape index (κ2) is 10.9. The van der Waals surface area contributed by atoms with E-state index in [9.17, 15) is 19.5 Å². The standard InChI is InChI=1S/C29H45N3O5/c1-6-9-15-31-17-11-13-29-23(26(35)32(24(29)27(31)36)21(19-33)18-20(4)5)22-25(34)30(14-7-2)16-10-12-28(22,8-3)37-29/h10-13,20-24,33H,6-9,14-19H2,1-5H3/t21-,22-,23+,24?,28+,29+/m1/s1. The number of carbonyl (C=O) groups is 3. The number of amides is 3. The minimum absolute atomic E-state index is 0.0816. The molecule has 0 aromatic carbocycles. The number of fused-ring (bicyclic) bond motifs is 2. The van der Waals surface area contributed by atoms with E-state index in [0.717, 1.165) is 19.3 Å². The van der Waals surface area contributed by atoms with E-state index < -0.39 is 35.1 Å². The number of carbonyl (C=O) groups excluding carboxylic acids is 3. The van der Waals surface area contributed by atoms with Gasteiger partial charge in [0.2, 0.25) is 17.7 Å². The molecule has 0 aliphatic carbocycles. The third kappa shape index (κ3) is 4.44. The Morgan fingerprint density at radius 3 is 2.22 bits per heavy atom. The summed E-state index contributed by atoms with van der Waals surface area (Å²) in [5.74, 6) is -1.81. The van der Waals surface area contributed by atoms with Gasteiger partial charge in [0, 0.05) is 26.2 Å². The highest BCUT2D eigenvalue weighted by Gasteiger charge is 2.75. The van der Waals surface area contributed by atoms with Gasteiger partial charge in [0.25, 0.3) is 0 Å². The first kappa shape index (κ1) is 27.8. The number of hydrogen-bond acceptors (Lipinski definition) is 5. The Morgan fingerprint density at radius 1 is 0.946 bits per heavy atom. The van der Waals surface area contributed by atoms with E-state index in [4.69, 9.17) is 4.74 Å². The Morgan fingerprint density at radius 2 is 1.62 bits per heavy atom. The molecular formula is C29H45N3O5. The lowest BCUT2D eigenvalue weighted by Gasteiger charge is -2.41. The van der Waals surface area contributed by atoms with Crippen LogP contribution in [0.1, 0.15) is 66.7 Å². The van der Waals surface area contributed by atoms with Crippen LogP contribution in [-0.4, -0.2) is 93.6 Å². The van der Waals surface area contributed by atoms with Crippen molar-refractivity contribution in [1.82, 2.24) is 14.7 Å². The number of unbranched alkanes of at least 4 members (excludes halogenated alkanes) is 1. The van der Waals surface area contributed by atoms with E-state index in [1.54, 1.807) is 4.90 Å². The minimum Gasteiger partial charge on any atom is -0.394 e. The molecule has 1 spiro atoms. The van der Waals surface area contributed by atoms with E-state index in [0.29, 0.717) is 39.0 Å². The monoisotopic (exact) mass is 515 g/mol. The highest BCUT2D eigenvalue weighted by Crippen LogP contribution is 2.59. The van der Waals surface area contributed by atoms with Crippen LogP contribution < -0.4 is 0 Å². The molecule has 1 N–H and O–H groups in total. The molecule has 8 nitrogen and oxygen atoms in total. The minimum atomic E-state index is -1.25. The molecule has 0 aromatic heterocycles. The number of likely N-dealkylation sites (tertiary alicyclic amines) is 1. The van der Waals surface area contributed by atoms with E-state index >= 15 is 0 Å². The molecule has 206 valence electrons. The molecule has 4 heterocycles. The Hall–Kier alpha value is -2.19. The van der Waals surface area contributed by atoms with Crippen molar-refractivity contribution in [3.63, 3.8) is 0 Å². The predicted octanol–water partition coefficient (Wildman–Crippen LogP) is 2.76. The van der Waals surface area contributed by atoms with Gasteiger partial charge in [0.1, 0.15) is 11.6 Å². The van der Waals surface area contributed by atoms with Crippen molar-refractivity contribution in [2.75, 3.05) is 32.8 Å². The molecule has 3 amide bonds. The molecule has 37 heavy (non-hydrogen) atoms. The average molecular weight is 516 g/mol. The first-order valence-corrected chi connectivity index (χ1v) is 14.3. The number of aliphatic hydroxyl groups excluding tert-OH is 1. The van der Waals surface area contributed by atoms with Crippen molar-refractivity contribution >= 4 is 17.7 Å². The van der Waals surface area contributed by atoms with Crippen LogP contribution in [-0.2, 0) is 19.1 Å². The van der Waals surface area contributed by atoms with Gasteiger partial charge in [-0.3, -0.25) is 14.4 Å². The molecule has 4 rings (SSSR count). The molecule has 2 fully saturated rings. The molecule has 0 saturated carbocycles. The largest absolute Gasteiger partial charge is 0.394 e. The SMILES string of the molecule is CCCCN1CC=C[C@]23O[C@@]4(CC)C=CCN(CCC)C(=O)[C@H]4[C@H]2C(=O)N([C@@H](CO)CC(C)C)C3C1=O. The topological polar surface area (TPSA) is 90.4 Å². The van der Waals surface area contributed by atoms with Gasteiger partial charge in [-0.15, -0.1) is 0 Å². The quantitative estimate of drug-likeness (QED) is 0.452. The molecule has 0 radical (unpaired) electrons. The lowest BCUT2D eigenvalue weighted by Crippen LogP contribution is -2.59. The summed E-state index contributed by atoms with van der Waals surface area (Å²) in [6.07, 6.45) is 11.5. The van der Waals surface area contributed by atoms with Crippen LogP contribution in [0.25, 0.3) is 0 Å². The zero-order valence-corrected chi connectivity index (χ0v) is 23.2. The summed E-state index contributed by atoms with van der Waals surface area (Å²) in [5.41, 5.74) is -2.21. The summed E-state index contributed by atoms with van der Waals surface area (Å²) >= 11 is 0. The first-order valence-electron chi connectivity index (χ1n) is 14.3. The molecule has 4 aliphatic heterocycles. The zero-order chi connectivity index (χ0) is 27.0. The first-order chi connectivity index (χ1) is 17.7. The van der Waals surface area contributed by atoms with E-state index in [-0.39, 0.29) is 30.2 Å². The lowest BCUT2D eigenvalue weighted by atomic mass is 9.73. The summed E-state index contributed by atoms with van der Waals surface area (Å²) in [4.78, 5) is 48.1. The van der Waals surface area contributed by atoms with E-state index in [1.807, 2.05) is 61.8 Å². The molecule has 2 saturated heterocycles. The number of ether oxygens (including phenoxy) is 1. The lowest BCUT2D eigenvalue weighted by molar-refractivity contribution is -0.157.